The second-order valence-corrected chi connectivity index (χ2v) is 5.43. The van der Waals surface area contributed by atoms with Crippen molar-refractivity contribution in [1.82, 2.24) is 10.6 Å². The quantitative estimate of drug-likeness (QED) is 0.765. The first-order chi connectivity index (χ1) is 7.76. The summed E-state index contributed by atoms with van der Waals surface area (Å²) in [6, 6.07) is 0.0790. The Bertz CT molecular complexity index is 240. The van der Waals surface area contributed by atoms with Crippen LogP contribution in [0.1, 0.15) is 51.9 Å². The van der Waals surface area contributed by atoms with Crippen LogP contribution in [0.15, 0.2) is 0 Å². The van der Waals surface area contributed by atoms with Crippen LogP contribution in [0.25, 0.3) is 0 Å². The molecule has 1 saturated heterocycles. The molecule has 2 fully saturated rings. The summed E-state index contributed by atoms with van der Waals surface area (Å²) in [5, 5.41) is 6.41. The van der Waals surface area contributed by atoms with E-state index in [2.05, 4.69) is 17.6 Å². The van der Waals surface area contributed by atoms with Crippen molar-refractivity contribution in [3.8, 4) is 0 Å². The van der Waals surface area contributed by atoms with Crippen molar-refractivity contribution >= 4 is 5.91 Å². The van der Waals surface area contributed by atoms with E-state index >= 15 is 0 Å². The molecule has 0 aromatic heterocycles. The number of carbonyl (C=O) groups is 1. The van der Waals surface area contributed by atoms with Gasteiger partial charge in [0.2, 0.25) is 5.91 Å². The Labute approximate surface area is 98.4 Å². The van der Waals surface area contributed by atoms with Crippen molar-refractivity contribution < 1.29 is 4.79 Å². The molecule has 1 heterocycles. The summed E-state index contributed by atoms with van der Waals surface area (Å²) in [5.41, 5.74) is 0.411. The van der Waals surface area contributed by atoms with Crippen LogP contribution < -0.4 is 10.6 Å². The third-order valence-electron chi connectivity index (χ3n) is 4.43. The number of carbonyl (C=O) groups excluding carboxylic acids is 1. The van der Waals surface area contributed by atoms with Gasteiger partial charge in [0.05, 0.1) is 6.04 Å². The minimum Gasteiger partial charge on any atom is -0.354 e. The molecule has 1 saturated carbocycles. The Morgan fingerprint density at radius 1 is 1.38 bits per heavy atom. The Hall–Kier alpha value is -0.570. The monoisotopic (exact) mass is 224 g/mol. The molecule has 1 aliphatic carbocycles. The zero-order valence-electron chi connectivity index (χ0n) is 10.3. The van der Waals surface area contributed by atoms with Gasteiger partial charge in [-0.05, 0) is 44.1 Å². The standard InChI is InChI=1S/C13H24N2O/c1-2-13(7-3-4-8-13)10-15-12(16)11-6-5-9-14-11/h11,14H,2-10H2,1H3,(H,15,16). The van der Waals surface area contributed by atoms with Gasteiger partial charge < -0.3 is 10.6 Å². The maximum Gasteiger partial charge on any atom is 0.237 e. The third kappa shape index (κ3) is 2.57. The Morgan fingerprint density at radius 2 is 2.12 bits per heavy atom. The van der Waals surface area contributed by atoms with Gasteiger partial charge in [-0.15, -0.1) is 0 Å². The van der Waals surface area contributed by atoms with Gasteiger partial charge in [-0.3, -0.25) is 4.79 Å². The van der Waals surface area contributed by atoms with Gasteiger partial charge >= 0.3 is 0 Å². The number of rotatable bonds is 4. The molecule has 3 heteroatoms. The van der Waals surface area contributed by atoms with E-state index in [0.29, 0.717) is 5.41 Å². The highest BCUT2D eigenvalue weighted by molar-refractivity contribution is 5.82. The summed E-state index contributed by atoms with van der Waals surface area (Å²) in [4.78, 5) is 11.9. The summed E-state index contributed by atoms with van der Waals surface area (Å²) < 4.78 is 0. The van der Waals surface area contributed by atoms with Crippen LogP contribution in [0.3, 0.4) is 0 Å². The first kappa shape index (κ1) is 11.9. The molecule has 16 heavy (non-hydrogen) atoms. The SMILES string of the molecule is CCC1(CNC(=O)C2CCCN2)CCCC1. The summed E-state index contributed by atoms with van der Waals surface area (Å²) >= 11 is 0. The number of hydrogen-bond donors (Lipinski definition) is 2. The molecule has 92 valence electrons. The van der Waals surface area contributed by atoms with E-state index in [0.717, 1.165) is 25.9 Å². The van der Waals surface area contributed by atoms with Crippen LogP contribution >= 0.6 is 0 Å². The van der Waals surface area contributed by atoms with Gasteiger partial charge in [-0.25, -0.2) is 0 Å². The molecular formula is C13H24N2O. The van der Waals surface area contributed by atoms with Crippen LogP contribution in [-0.4, -0.2) is 25.0 Å². The van der Waals surface area contributed by atoms with Gasteiger partial charge in [-0.2, -0.15) is 0 Å². The van der Waals surface area contributed by atoms with Gasteiger partial charge in [0.25, 0.3) is 0 Å². The molecule has 2 rings (SSSR count). The summed E-state index contributed by atoms with van der Waals surface area (Å²) in [6.07, 6.45) is 8.61. The van der Waals surface area contributed by atoms with Crippen molar-refractivity contribution in [3.63, 3.8) is 0 Å². The minimum absolute atomic E-state index is 0.0790. The average molecular weight is 224 g/mol. The van der Waals surface area contributed by atoms with E-state index in [1.807, 2.05) is 0 Å². The van der Waals surface area contributed by atoms with Crippen LogP contribution in [-0.2, 0) is 4.79 Å². The fourth-order valence-corrected chi connectivity index (χ4v) is 3.09. The first-order valence-electron chi connectivity index (χ1n) is 6.77. The van der Waals surface area contributed by atoms with Gasteiger partial charge in [-0.1, -0.05) is 19.8 Å². The molecule has 2 N–H and O–H groups in total. The van der Waals surface area contributed by atoms with Gasteiger partial charge in [0.1, 0.15) is 0 Å². The Morgan fingerprint density at radius 3 is 2.69 bits per heavy atom. The minimum atomic E-state index is 0.0790. The van der Waals surface area contributed by atoms with Crippen molar-refractivity contribution in [3.05, 3.63) is 0 Å². The van der Waals surface area contributed by atoms with E-state index < -0.39 is 0 Å². The maximum atomic E-state index is 11.9. The molecule has 0 aromatic rings. The predicted molar refractivity (Wildman–Crippen MR) is 65.2 cm³/mol. The molecule has 3 nitrogen and oxygen atoms in total. The lowest BCUT2D eigenvalue weighted by atomic mass is 9.83. The topological polar surface area (TPSA) is 41.1 Å². The Balaban J connectivity index is 1.79. The molecule has 0 bridgehead atoms. The van der Waals surface area contributed by atoms with Crippen molar-refractivity contribution in [2.45, 2.75) is 57.9 Å². The second kappa shape index (κ2) is 5.17. The van der Waals surface area contributed by atoms with E-state index in [1.54, 1.807) is 0 Å². The van der Waals surface area contributed by atoms with Gasteiger partial charge in [0.15, 0.2) is 0 Å². The number of amides is 1. The fraction of sp³-hybridized carbons (Fsp3) is 0.923. The highest BCUT2D eigenvalue weighted by atomic mass is 16.2. The molecule has 0 radical (unpaired) electrons. The lowest BCUT2D eigenvalue weighted by molar-refractivity contribution is -0.123. The van der Waals surface area contributed by atoms with Gasteiger partial charge in [0, 0.05) is 6.54 Å². The van der Waals surface area contributed by atoms with E-state index in [-0.39, 0.29) is 11.9 Å². The largest absolute Gasteiger partial charge is 0.354 e. The highest BCUT2D eigenvalue weighted by Crippen LogP contribution is 2.40. The van der Waals surface area contributed by atoms with Crippen LogP contribution in [0.2, 0.25) is 0 Å². The van der Waals surface area contributed by atoms with E-state index in [9.17, 15) is 4.79 Å². The molecule has 1 atom stereocenters. The molecule has 1 amide bonds. The van der Waals surface area contributed by atoms with Crippen LogP contribution in [0.4, 0.5) is 0 Å². The fourth-order valence-electron chi connectivity index (χ4n) is 3.09. The number of nitrogens with one attached hydrogen (secondary N) is 2. The predicted octanol–water partition coefficient (Wildman–Crippen LogP) is 1.82. The first-order valence-corrected chi connectivity index (χ1v) is 6.77. The zero-order chi connectivity index (χ0) is 11.4. The summed E-state index contributed by atoms with van der Waals surface area (Å²) in [5.74, 6) is 0.220. The van der Waals surface area contributed by atoms with Crippen LogP contribution in [0, 0.1) is 5.41 Å². The highest BCUT2D eigenvalue weighted by Gasteiger charge is 2.33. The van der Waals surface area contributed by atoms with Crippen molar-refractivity contribution in [1.29, 1.82) is 0 Å². The lowest BCUT2D eigenvalue weighted by Gasteiger charge is -2.28. The lowest BCUT2D eigenvalue weighted by Crippen LogP contribution is -2.44. The molecular weight excluding hydrogens is 200 g/mol. The smallest absolute Gasteiger partial charge is 0.237 e. The molecule has 2 aliphatic rings. The summed E-state index contributed by atoms with van der Waals surface area (Å²) in [7, 11) is 0. The third-order valence-corrected chi connectivity index (χ3v) is 4.43. The number of hydrogen-bond acceptors (Lipinski definition) is 2. The zero-order valence-corrected chi connectivity index (χ0v) is 10.3. The molecule has 0 spiro atoms. The van der Waals surface area contributed by atoms with Crippen molar-refractivity contribution in [2.75, 3.05) is 13.1 Å². The maximum absolute atomic E-state index is 11.9. The van der Waals surface area contributed by atoms with Crippen LogP contribution in [0.5, 0.6) is 0 Å². The summed E-state index contributed by atoms with van der Waals surface area (Å²) in [6.45, 7) is 4.14. The van der Waals surface area contributed by atoms with E-state index in [1.165, 1.54) is 32.1 Å². The Kier molecular flexibility index (Phi) is 3.85. The average Bonchev–Trinajstić information content (AvgIpc) is 2.98. The second-order valence-electron chi connectivity index (χ2n) is 5.43. The van der Waals surface area contributed by atoms with Crippen molar-refractivity contribution in [2.24, 2.45) is 5.41 Å². The van der Waals surface area contributed by atoms with E-state index in [4.69, 9.17) is 0 Å². The molecule has 1 aliphatic heterocycles. The molecule has 0 aromatic carbocycles. The normalized spacial score (nSPS) is 28.2. The molecule has 1 unspecified atom stereocenters.